The van der Waals surface area contributed by atoms with Gasteiger partial charge in [0.1, 0.15) is 12.4 Å². The SMILES string of the molecule is CN1CCOc2cc(S(=O)(=O)Nc3ccc4c(c3)/C(=N/N=C(N)N)CC4)ccc21. The predicted molar refractivity (Wildman–Crippen MR) is 113 cm³/mol. The van der Waals surface area contributed by atoms with Crippen molar-refractivity contribution in [3.05, 3.63) is 47.5 Å². The van der Waals surface area contributed by atoms with E-state index in [1.165, 1.54) is 0 Å². The Morgan fingerprint density at radius 2 is 2.00 bits per heavy atom. The lowest BCUT2D eigenvalue weighted by molar-refractivity contribution is 0.310. The van der Waals surface area contributed by atoms with E-state index in [4.69, 9.17) is 16.2 Å². The molecule has 9 nitrogen and oxygen atoms in total. The lowest BCUT2D eigenvalue weighted by Gasteiger charge is -2.27. The summed E-state index contributed by atoms with van der Waals surface area (Å²) in [6.45, 7) is 1.28. The lowest BCUT2D eigenvalue weighted by atomic mass is 10.1. The summed E-state index contributed by atoms with van der Waals surface area (Å²) in [5.41, 5.74) is 14.6. The van der Waals surface area contributed by atoms with E-state index in [1.807, 2.05) is 18.0 Å². The summed E-state index contributed by atoms with van der Waals surface area (Å²) in [4.78, 5) is 2.17. The number of guanidine groups is 1. The van der Waals surface area contributed by atoms with Gasteiger partial charge < -0.3 is 21.1 Å². The van der Waals surface area contributed by atoms with E-state index in [0.717, 1.165) is 35.5 Å². The summed E-state index contributed by atoms with van der Waals surface area (Å²) < 4.78 is 34.0. The quantitative estimate of drug-likeness (QED) is 0.391. The molecular formula is C19H22N6O3S. The number of hydrogen-bond acceptors (Lipinski definition) is 6. The molecule has 0 saturated heterocycles. The molecule has 0 radical (unpaired) electrons. The Bertz CT molecular complexity index is 1120. The highest BCUT2D eigenvalue weighted by Gasteiger charge is 2.23. The number of anilines is 2. The second-order valence-electron chi connectivity index (χ2n) is 6.95. The number of nitrogens with one attached hydrogen (secondary N) is 1. The van der Waals surface area contributed by atoms with Crippen LogP contribution in [0.25, 0.3) is 0 Å². The molecule has 2 aromatic rings. The highest BCUT2D eigenvalue weighted by atomic mass is 32.2. The second-order valence-corrected chi connectivity index (χ2v) is 8.63. The van der Waals surface area contributed by atoms with Gasteiger partial charge in [-0.1, -0.05) is 6.07 Å². The van der Waals surface area contributed by atoms with Crippen molar-refractivity contribution in [2.75, 3.05) is 29.8 Å². The maximum atomic E-state index is 12.9. The zero-order valence-electron chi connectivity index (χ0n) is 15.9. The Hall–Kier alpha value is -3.27. The van der Waals surface area contributed by atoms with E-state index >= 15 is 0 Å². The molecule has 4 rings (SSSR count). The molecule has 152 valence electrons. The number of benzene rings is 2. The minimum Gasteiger partial charge on any atom is -0.490 e. The van der Waals surface area contributed by atoms with Gasteiger partial charge >= 0.3 is 0 Å². The first-order chi connectivity index (χ1) is 13.8. The van der Waals surface area contributed by atoms with Crippen molar-refractivity contribution in [3.63, 3.8) is 0 Å². The fourth-order valence-corrected chi connectivity index (χ4v) is 4.52. The van der Waals surface area contributed by atoms with Gasteiger partial charge in [-0.2, -0.15) is 5.10 Å². The fourth-order valence-electron chi connectivity index (χ4n) is 3.46. The van der Waals surface area contributed by atoms with Crippen LogP contribution in [0.2, 0.25) is 0 Å². The van der Waals surface area contributed by atoms with Crippen LogP contribution in [0.15, 0.2) is 51.5 Å². The summed E-state index contributed by atoms with van der Waals surface area (Å²) in [7, 11) is -1.84. The predicted octanol–water partition coefficient (Wildman–Crippen LogP) is 1.24. The van der Waals surface area contributed by atoms with Crippen LogP contribution < -0.4 is 25.8 Å². The van der Waals surface area contributed by atoms with Gasteiger partial charge in [0, 0.05) is 24.4 Å². The average molecular weight is 414 g/mol. The number of hydrogen-bond donors (Lipinski definition) is 3. The van der Waals surface area contributed by atoms with Crippen LogP contribution in [0.3, 0.4) is 0 Å². The van der Waals surface area contributed by atoms with Gasteiger partial charge in [0.25, 0.3) is 10.0 Å². The topological polar surface area (TPSA) is 135 Å². The van der Waals surface area contributed by atoms with Gasteiger partial charge in [-0.3, -0.25) is 4.72 Å². The summed E-state index contributed by atoms with van der Waals surface area (Å²) in [5, 5.41) is 7.78. The highest BCUT2D eigenvalue weighted by molar-refractivity contribution is 7.92. The number of sulfonamides is 1. The minimum absolute atomic E-state index is 0.122. The van der Waals surface area contributed by atoms with E-state index in [-0.39, 0.29) is 10.9 Å². The first kappa shape index (κ1) is 19.1. The van der Waals surface area contributed by atoms with E-state index in [0.29, 0.717) is 24.5 Å². The standard InChI is InChI=1S/C19H22N6O3S/c1-25-8-9-28-18-11-14(5-7-17(18)25)29(26,27)24-13-4-2-12-3-6-16(15(12)10-13)22-23-19(20)21/h2,4-5,7,10-11,24H,3,6,8-9H2,1H3,(H4,20,21,23)/b22-16+. The Labute approximate surface area is 169 Å². The minimum atomic E-state index is -3.78. The highest BCUT2D eigenvalue weighted by Crippen LogP contribution is 2.33. The molecule has 0 aromatic heterocycles. The molecule has 1 heterocycles. The summed E-state index contributed by atoms with van der Waals surface area (Å²) in [6, 6.07) is 10.3. The molecule has 0 fully saturated rings. The van der Waals surface area contributed by atoms with Crippen molar-refractivity contribution >= 4 is 33.1 Å². The number of nitrogens with two attached hydrogens (primary N) is 2. The van der Waals surface area contributed by atoms with Crippen LogP contribution in [-0.4, -0.2) is 40.3 Å². The zero-order chi connectivity index (χ0) is 20.6. The van der Waals surface area contributed by atoms with Gasteiger partial charge in [-0.25, -0.2) is 8.42 Å². The van der Waals surface area contributed by atoms with Gasteiger partial charge in [-0.15, -0.1) is 5.10 Å². The average Bonchev–Trinajstić information content (AvgIpc) is 3.08. The lowest BCUT2D eigenvalue weighted by Crippen LogP contribution is -2.29. The summed E-state index contributed by atoms with van der Waals surface area (Å²) in [6.07, 6.45) is 1.49. The monoisotopic (exact) mass is 414 g/mol. The molecule has 5 N–H and O–H groups in total. The van der Waals surface area contributed by atoms with Crippen LogP contribution in [0.1, 0.15) is 17.5 Å². The first-order valence-corrected chi connectivity index (χ1v) is 10.6. The third kappa shape index (κ3) is 3.83. The van der Waals surface area contributed by atoms with Gasteiger partial charge in [-0.05, 0) is 42.7 Å². The molecule has 2 aromatic carbocycles. The third-order valence-electron chi connectivity index (χ3n) is 4.93. The molecule has 1 aliphatic heterocycles. The van der Waals surface area contributed by atoms with Crippen LogP contribution in [-0.2, 0) is 16.4 Å². The maximum absolute atomic E-state index is 12.9. The van der Waals surface area contributed by atoms with Crippen LogP contribution in [0.4, 0.5) is 11.4 Å². The smallest absolute Gasteiger partial charge is 0.262 e. The molecule has 1 aliphatic carbocycles. The third-order valence-corrected chi connectivity index (χ3v) is 6.31. The van der Waals surface area contributed by atoms with Crippen LogP contribution in [0.5, 0.6) is 5.75 Å². The summed E-state index contributed by atoms with van der Waals surface area (Å²) in [5.74, 6) is 0.435. The molecule has 0 bridgehead atoms. The molecule has 0 amide bonds. The van der Waals surface area contributed by atoms with Crippen molar-refractivity contribution in [2.24, 2.45) is 21.7 Å². The van der Waals surface area contributed by atoms with Crippen molar-refractivity contribution in [1.29, 1.82) is 0 Å². The van der Waals surface area contributed by atoms with E-state index < -0.39 is 10.0 Å². The zero-order valence-corrected chi connectivity index (χ0v) is 16.7. The van der Waals surface area contributed by atoms with E-state index in [9.17, 15) is 8.42 Å². The molecule has 0 spiro atoms. The number of ether oxygens (including phenoxy) is 1. The number of fused-ring (bicyclic) bond motifs is 2. The summed E-state index contributed by atoms with van der Waals surface area (Å²) >= 11 is 0. The van der Waals surface area contributed by atoms with Crippen LogP contribution in [0, 0.1) is 0 Å². The van der Waals surface area contributed by atoms with Gasteiger partial charge in [0.15, 0.2) is 0 Å². The molecule has 2 aliphatic rings. The Balaban J connectivity index is 1.62. The number of rotatable bonds is 4. The Kier molecular flexibility index (Phi) is 4.79. The normalized spacial score (nSPS) is 16.7. The molecule has 0 atom stereocenters. The van der Waals surface area contributed by atoms with Crippen molar-refractivity contribution in [2.45, 2.75) is 17.7 Å². The Morgan fingerprint density at radius 1 is 1.17 bits per heavy atom. The molecule has 0 unspecified atom stereocenters. The van der Waals surface area contributed by atoms with Crippen molar-refractivity contribution in [1.82, 2.24) is 0 Å². The number of aryl methyl sites for hydroxylation is 1. The molecular weight excluding hydrogens is 392 g/mol. The molecule has 0 saturated carbocycles. The maximum Gasteiger partial charge on any atom is 0.262 e. The van der Waals surface area contributed by atoms with E-state index in [2.05, 4.69) is 14.9 Å². The van der Waals surface area contributed by atoms with Gasteiger partial charge in [0.05, 0.1) is 22.8 Å². The number of nitrogens with zero attached hydrogens (tertiary/aromatic N) is 3. The second kappa shape index (κ2) is 7.28. The van der Waals surface area contributed by atoms with E-state index in [1.54, 1.807) is 30.3 Å². The largest absolute Gasteiger partial charge is 0.490 e. The van der Waals surface area contributed by atoms with Crippen molar-refractivity contribution < 1.29 is 13.2 Å². The van der Waals surface area contributed by atoms with Crippen LogP contribution >= 0.6 is 0 Å². The Morgan fingerprint density at radius 3 is 2.79 bits per heavy atom. The number of likely N-dealkylation sites (N-methyl/N-ethyl adjacent to an activating group) is 1. The van der Waals surface area contributed by atoms with Crippen molar-refractivity contribution in [3.8, 4) is 5.75 Å². The van der Waals surface area contributed by atoms with Gasteiger partial charge in [0.2, 0.25) is 5.96 Å². The fraction of sp³-hybridized carbons (Fsp3) is 0.263. The molecule has 29 heavy (non-hydrogen) atoms. The molecule has 10 heteroatoms. The first-order valence-electron chi connectivity index (χ1n) is 9.13.